The molecule has 0 saturated carbocycles. The fraction of sp³-hybridized carbons (Fsp3) is 0.154. The third-order valence-electron chi connectivity index (χ3n) is 2.66. The maximum Gasteiger partial charge on any atom is 0.416 e. The fourth-order valence-corrected chi connectivity index (χ4v) is 3.65. The molecule has 2 aromatic rings. The lowest BCUT2D eigenvalue weighted by atomic mass is 10.2. The number of amides is 1. The van der Waals surface area contributed by atoms with E-state index in [1.807, 2.05) is 0 Å². The van der Waals surface area contributed by atoms with Gasteiger partial charge in [0.2, 0.25) is 5.91 Å². The molecule has 0 radical (unpaired) electrons. The van der Waals surface area contributed by atoms with Crippen molar-refractivity contribution in [3.8, 4) is 0 Å². The minimum absolute atomic E-state index is 0.0457. The van der Waals surface area contributed by atoms with Crippen LogP contribution in [0.2, 0.25) is 0 Å². The lowest BCUT2D eigenvalue weighted by Gasteiger charge is -2.10. The zero-order valence-electron chi connectivity index (χ0n) is 11.4. The van der Waals surface area contributed by atoms with Gasteiger partial charge in [-0.1, -0.05) is 12.1 Å². The second-order valence-corrected chi connectivity index (χ2v) is 7.32. The highest BCUT2D eigenvalue weighted by molar-refractivity contribution is 7.91. The Morgan fingerprint density at radius 3 is 2.52 bits per heavy atom. The minimum Gasteiger partial charge on any atom is -0.325 e. The average Bonchev–Trinajstić information content (AvgIpc) is 3.00. The molecule has 0 saturated heterocycles. The van der Waals surface area contributed by atoms with Crippen molar-refractivity contribution < 1.29 is 26.4 Å². The number of anilines is 1. The van der Waals surface area contributed by atoms with Crippen molar-refractivity contribution in [2.24, 2.45) is 0 Å². The van der Waals surface area contributed by atoms with Crippen molar-refractivity contribution in [1.29, 1.82) is 0 Å². The number of carbonyl (C=O) groups excluding carboxylic acids is 1. The van der Waals surface area contributed by atoms with E-state index in [-0.39, 0.29) is 9.90 Å². The van der Waals surface area contributed by atoms with Crippen LogP contribution in [-0.2, 0) is 21.0 Å². The molecule has 0 bridgehead atoms. The van der Waals surface area contributed by atoms with Crippen LogP contribution < -0.4 is 10.0 Å². The van der Waals surface area contributed by atoms with Crippen LogP contribution in [0.3, 0.4) is 0 Å². The van der Waals surface area contributed by atoms with Gasteiger partial charge >= 0.3 is 6.18 Å². The molecule has 0 aliphatic heterocycles. The molecule has 1 amide bonds. The van der Waals surface area contributed by atoms with Gasteiger partial charge in [-0.3, -0.25) is 4.79 Å². The zero-order valence-corrected chi connectivity index (χ0v) is 13.1. The van der Waals surface area contributed by atoms with Gasteiger partial charge in [-0.2, -0.15) is 13.2 Å². The van der Waals surface area contributed by atoms with Crippen LogP contribution in [0, 0.1) is 0 Å². The van der Waals surface area contributed by atoms with Crippen LogP contribution in [0.4, 0.5) is 18.9 Å². The zero-order chi connectivity index (χ0) is 17.1. The molecule has 0 spiro atoms. The number of benzene rings is 1. The van der Waals surface area contributed by atoms with Crippen LogP contribution in [-0.4, -0.2) is 20.9 Å². The number of carbonyl (C=O) groups is 1. The summed E-state index contributed by atoms with van der Waals surface area (Å²) in [6, 6.07) is 6.98. The highest BCUT2D eigenvalue weighted by Crippen LogP contribution is 2.30. The third kappa shape index (κ3) is 4.78. The summed E-state index contributed by atoms with van der Waals surface area (Å²) in [6.07, 6.45) is -4.53. The van der Waals surface area contributed by atoms with Crippen molar-refractivity contribution in [3.63, 3.8) is 0 Å². The Balaban J connectivity index is 1.98. The number of rotatable bonds is 5. The first kappa shape index (κ1) is 17.4. The van der Waals surface area contributed by atoms with Gasteiger partial charge in [0.1, 0.15) is 4.21 Å². The van der Waals surface area contributed by atoms with Crippen molar-refractivity contribution in [3.05, 3.63) is 47.3 Å². The number of halogens is 3. The lowest BCUT2D eigenvalue weighted by molar-refractivity contribution is -0.137. The SMILES string of the molecule is O=C(CNS(=O)(=O)c1cccs1)Nc1cccc(C(F)(F)F)c1. The van der Waals surface area contributed by atoms with E-state index in [1.54, 1.807) is 11.4 Å². The first-order valence-electron chi connectivity index (χ1n) is 6.19. The number of hydrogen-bond acceptors (Lipinski definition) is 4. The molecule has 2 rings (SSSR count). The summed E-state index contributed by atoms with van der Waals surface area (Å²) in [7, 11) is -3.81. The van der Waals surface area contributed by atoms with Gasteiger partial charge in [0.15, 0.2) is 0 Å². The van der Waals surface area contributed by atoms with E-state index in [4.69, 9.17) is 0 Å². The molecule has 0 aliphatic carbocycles. The van der Waals surface area contributed by atoms with Crippen LogP contribution in [0.15, 0.2) is 46.0 Å². The van der Waals surface area contributed by atoms with E-state index in [0.717, 1.165) is 29.5 Å². The van der Waals surface area contributed by atoms with Gasteiger partial charge in [-0.15, -0.1) is 11.3 Å². The Kier molecular flexibility index (Phi) is 5.07. The summed E-state index contributed by atoms with van der Waals surface area (Å²) < 4.78 is 63.4. The molecule has 23 heavy (non-hydrogen) atoms. The molecule has 1 aromatic carbocycles. The molecule has 1 aromatic heterocycles. The Labute approximate surface area is 134 Å². The monoisotopic (exact) mass is 364 g/mol. The number of nitrogens with one attached hydrogen (secondary N) is 2. The second-order valence-electron chi connectivity index (χ2n) is 4.38. The lowest BCUT2D eigenvalue weighted by Crippen LogP contribution is -2.32. The van der Waals surface area contributed by atoms with E-state index in [0.29, 0.717) is 0 Å². The topological polar surface area (TPSA) is 75.3 Å². The van der Waals surface area contributed by atoms with Crippen LogP contribution >= 0.6 is 11.3 Å². The largest absolute Gasteiger partial charge is 0.416 e. The molecule has 10 heteroatoms. The van der Waals surface area contributed by atoms with Crippen molar-refractivity contribution >= 4 is 33.0 Å². The highest BCUT2D eigenvalue weighted by Gasteiger charge is 2.30. The molecule has 2 N–H and O–H groups in total. The summed E-state index contributed by atoms with van der Waals surface area (Å²) in [5.74, 6) is -0.774. The quantitative estimate of drug-likeness (QED) is 0.857. The second kappa shape index (κ2) is 6.69. The van der Waals surface area contributed by atoms with E-state index < -0.39 is 34.2 Å². The van der Waals surface area contributed by atoms with Gasteiger partial charge in [0.05, 0.1) is 12.1 Å². The number of hydrogen-bond donors (Lipinski definition) is 2. The van der Waals surface area contributed by atoms with Crippen LogP contribution in [0.25, 0.3) is 0 Å². The van der Waals surface area contributed by atoms with Crippen molar-refractivity contribution in [2.75, 3.05) is 11.9 Å². The molecule has 0 fully saturated rings. The summed E-state index contributed by atoms with van der Waals surface area (Å²) in [5.41, 5.74) is -0.977. The molecule has 124 valence electrons. The molecular weight excluding hydrogens is 353 g/mol. The maximum atomic E-state index is 12.6. The number of thiophene rings is 1. The average molecular weight is 364 g/mol. The fourth-order valence-electron chi connectivity index (χ4n) is 1.63. The Hall–Kier alpha value is -1.91. The molecule has 1 heterocycles. The van der Waals surface area contributed by atoms with Crippen LogP contribution in [0.1, 0.15) is 5.56 Å². The molecule has 0 unspecified atom stereocenters. The Bertz CT molecular complexity index is 787. The molecule has 5 nitrogen and oxygen atoms in total. The summed E-state index contributed by atoms with van der Waals surface area (Å²) in [5, 5.41) is 3.78. The van der Waals surface area contributed by atoms with E-state index in [2.05, 4.69) is 10.0 Å². The first-order valence-corrected chi connectivity index (χ1v) is 8.55. The van der Waals surface area contributed by atoms with E-state index in [1.165, 1.54) is 12.1 Å². The van der Waals surface area contributed by atoms with Gasteiger partial charge in [-0.05, 0) is 29.6 Å². The highest BCUT2D eigenvalue weighted by atomic mass is 32.2. The van der Waals surface area contributed by atoms with Crippen molar-refractivity contribution in [2.45, 2.75) is 10.4 Å². The summed E-state index contributed by atoms with van der Waals surface area (Å²) in [4.78, 5) is 11.7. The number of alkyl halides is 3. The Morgan fingerprint density at radius 2 is 1.91 bits per heavy atom. The predicted octanol–water partition coefficient (Wildman–Crippen LogP) is 2.68. The van der Waals surface area contributed by atoms with Gasteiger partial charge < -0.3 is 5.32 Å². The minimum atomic E-state index is -4.53. The van der Waals surface area contributed by atoms with Gasteiger partial charge in [0.25, 0.3) is 10.0 Å². The van der Waals surface area contributed by atoms with E-state index in [9.17, 15) is 26.4 Å². The van der Waals surface area contributed by atoms with Crippen LogP contribution in [0.5, 0.6) is 0 Å². The molecule has 0 aliphatic rings. The summed E-state index contributed by atoms with van der Waals surface area (Å²) >= 11 is 0.983. The van der Waals surface area contributed by atoms with Crippen molar-refractivity contribution in [1.82, 2.24) is 4.72 Å². The summed E-state index contributed by atoms with van der Waals surface area (Å²) in [6.45, 7) is -0.587. The number of sulfonamides is 1. The first-order chi connectivity index (χ1) is 10.7. The Morgan fingerprint density at radius 1 is 1.17 bits per heavy atom. The standard InChI is InChI=1S/C13H11F3N2O3S2/c14-13(15,16)9-3-1-4-10(7-9)18-11(19)8-17-23(20,21)12-5-2-6-22-12/h1-7,17H,8H2,(H,18,19). The molecular formula is C13H11F3N2O3S2. The smallest absolute Gasteiger partial charge is 0.325 e. The van der Waals surface area contributed by atoms with E-state index >= 15 is 0 Å². The molecule has 0 atom stereocenters. The van der Waals surface area contributed by atoms with Gasteiger partial charge in [-0.25, -0.2) is 13.1 Å². The van der Waals surface area contributed by atoms with Gasteiger partial charge in [0, 0.05) is 5.69 Å². The normalized spacial score (nSPS) is 12.1. The predicted molar refractivity (Wildman–Crippen MR) is 79.6 cm³/mol. The maximum absolute atomic E-state index is 12.6. The third-order valence-corrected chi connectivity index (χ3v) is 5.46.